The van der Waals surface area contributed by atoms with Crippen molar-refractivity contribution < 1.29 is 22.5 Å². The maximum absolute atomic E-state index is 13.1. The van der Waals surface area contributed by atoms with Crippen molar-refractivity contribution in [3.63, 3.8) is 0 Å². The van der Waals surface area contributed by atoms with Crippen LogP contribution in [0.25, 0.3) is 0 Å². The Morgan fingerprint density at radius 3 is 2.38 bits per heavy atom. The molecule has 1 saturated heterocycles. The molecule has 2 aliphatic carbocycles. The number of rotatable bonds is 4. The maximum Gasteiger partial charge on any atom is 0.435 e. The molecule has 0 spiro atoms. The number of hydrogen-bond acceptors (Lipinski definition) is 5. The third kappa shape index (κ3) is 3.46. The molecule has 6 nitrogen and oxygen atoms in total. The van der Waals surface area contributed by atoms with Crippen molar-refractivity contribution in [3.8, 4) is 0 Å². The SMILES string of the molecule is CC1(C)[C@@H]2CC[C@@]1(CS(=O)N1CCN(c3ccc(C(F)(F)F)nn3)CC1)C(O)C2. The van der Waals surface area contributed by atoms with Gasteiger partial charge < -0.3 is 10.0 Å². The van der Waals surface area contributed by atoms with Crippen LogP contribution >= 0.6 is 0 Å². The smallest absolute Gasteiger partial charge is 0.392 e. The van der Waals surface area contributed by atoms with Gasteiger partial charge in [0, 0.05) is 37.3 Å². The number of halogens is 3. The fourth-order valence-electron chi connectivity index (χ4n) is 5.46. The Morgan fingerprint density at radius 2 is 1.90 bits per heavy atom. The zero-order valence-electron chi connectivity index (χ0n) is 16.7. The van der Waals surface area contributed by atoms with E-state index in [1.807, 2.05) is 9.21 Å². The summed E-state index contributed by atoms with van der Waals surface area (Å²) in [5, 5.41) is 17.7. The number of nitrogens with zero attached hydrogens (tertiary/aromatic N) is 4. The van der Waals surface area contributed by atoms with Crippen molar-refractivity contribution in [2.45, 2.75) is 45.4 Å². The molecule has 162 valence electrons. The molecule has 2 heterocycles. The van der Waals surface area contributed by atoms with Gasteiger partial charge in [0.1, 0.15) is 0 Å². The van der Waals surface area contributed by atoms with E-state index < -0.39 is 29.0 Å². The van der Waals surface area contributed by atoms with E-state index in [2.05, 4.69) is 24.0 Å². The van der Waals surface area contributed by atoms with Gasteiger partial charge in [-0.2, -0.15) is 13.2 Å². The second-order valence-electron chi connectivity index (χ2n) is 9.02. The van der Waals surface area contributed by atoms with E-state index in [-0.39, 0.29) is 10.8 Å². The van der Waals surface area contributed by atoms with E-state index >= 15 is 0 Å². The fraction of sp³-hybridized carbons (Fsp3) is 0.789. The Labute approximate surface area is 171 Å². The lowest BCUT2D eigenvalue weighted by Crippen LogP contribution is -2.51. The van der Waals surface area contributed by atoms with E-state index in [0.29, 0.717) is 43.7 Å². The number of piperazine rings is 1. The summed E-state index contributed by atoms with van der Waals surface area (Å²) in [6, 6.07) is 2.27. The first-order valence-corrected chi connectivity index (χ1v) is 11.3. The second kappa shape index (κ2) is 7.16. The zero-order chi connectivity index (χ0) is 21.0. The fourth-order valence-corrected chi connectivity index (χ4v) is 7.36. The van der Waals surface area contributed by atoms with Crippen molar-refractivity contribution in [2.24, 2.45) is 16.7 Å². The summed E-state index contributed by atoms with van der Waals surface area (Å²) in [6.45, 7) is 6.50. The summed E-state index contributed by atoms with van der Waals surface area (Å²) in [4.78, 5) is 1.86. The molecule has 1 aromatic heterocycles. The Bertz CT molecular complexity index is 781. The molecule has 29 heavy (non-hydrogen) atoms. The molecule has 0 amide bonds. The third-order valence-electron chi connectivity index (χ3n) is 7.56. The Kier molecular flexibility index (Phi) is 5.18. The van der Waals surface area contributed by atoms with Crippen LogP contribution < -0.4 is 4.90 Å². The van der Waals surface area contributed by atoms with Crippen LogP contribution in [0, 0.1) is 16.7 Å². The number of aliphatic hydroxyl groups excluding tert-OH is 1. The number of hydrogen-bond donors (Lipinski definition) is 1. The monoisotopic (exact) mass is 432 g/mol. The number of aliphatic hydroxyl groups is 1. The molecule has 4 rings (SSSR count). The molecule has 3 aliphatic rings. The summed E-state index contributed by atoms with van der Waals surface area (Å²) in [6.07, 6.45) is -2.10. The molecule has 1 aliphatic heterocycles. The van der Waals surface area contributed by atoms with Gasteiger partial charge in [0.2, 0.25) is 0 Å². The minimum atomic E-state index is -4.50. The van der Waals surface area contributed by atoms with Crippen LogP contribution in [0.3, 0.4) is 0 Å². The molecule has 1 N–H and O–H groups in total. The summed E-state index contributed by atoms with van der Waals surface area (Å²) >= 11 is 0. The standard InChI is InChI=1S/C19H27F3N4O2S/c1-17(2)13-5-6-18(17,15(27)11-13)12-29(28)26-9-7-25(8-10-26)16-4-3-14(23-24-16)19(20,21)22/h3-4,13,15,27H,5-12H2,1-2H3/t13-,15?,18-,29?/m1/s1. The molecule has 1 aromatic rings. The highest BCUT2D eigenvalue weighted by Gasteiger charge is 2.64. The molecule has 3 fully saturated rings. The van der Waals surface area contributed by atoms with Gasteiger partial charge in [0.15, 0.2) is 11.5 Å². The predicted octanol–water partition coefficient (Wildman–Crippen LogP) is 2.47. The summed E-state index contributed by atoms with van der Waals surface area (Å²) in [7, 11) is -1.20. The first kappa shape index (κ1) is 21.0. The van der Waals surface area contributed by atoms with Gasteiger partial charge in [-0.05, 0) is 42.7 Å². The summed E-state index contributed by atoms with van der Waals surface area (Å²) in [5.41, 5.74) is -1.31. The first-order valence-electron chi connectivity index (χ1n) is 10.0. The Balaban J connectivity index is 1.37. The van der Waals surface area contributed by atoms with Gasteiger partial charge in [-0.3, -0.25) is 0 Å². The topological polar surface area (TPSA) is 69.6 Å². The average molecular weight is 433 g/mol. The summed E-state index contributed by atoms with van der Waals surface area (Å²) < 4.78 is 53.0. The lowest BCUT2D eigenvalue weighted by molar-refractivity contribution is -0.141. The van der Waals surface area contributed by atoms with Crippen molar-refractivity contribution in [1.29, 1.82) is 0 Å². The minimum Gasteiger partial charge on any atom is -0.392 e. The van der Waals surface area contributed by atoms with Crippen molar-refractivity contribution in [2.75, 3.05) is 36.8 Å². The van der Waals surface area contributed by atoms with E-state index in [4.69, 9.17) is 0 Å². The molecule has 2 bridgehead atoms. The molecule has 10 heteroatoms. The van der Waals surface area contributed by atoms with Crippen LogP contribution in [-0.4, -0.2) is 61.9 Å². The zero-order valence-corrected chi connectivity index (χ0v) is 17.5. The highest BCUT2D eigenvalue weighted by molar-refractivity contribution is 7.82. The van der Waals surface area contributed by atoms with Crippen LogP contribution in [0.15, 0.2) is 12.1 Å². The first-order chi connectivity index (χ1) is 13.5. The molecule has 4 atom stereocenters. The number of anilines is 1. The van der Waals surface area contributed by atoms with E-state index in [1.165, 1.54) is 6.07 Å². The molecule has 2 unspecified atom stereocenters. The van der Waals surface area contributed by atoms with Crippen molar-refractivity contribution in [3.05, 3.63) is 17.8 Å². The van der Waals surface area contributed by atoms with Gasteiger partial charge >= 0.3 is 6.18 Å². The quantitative estimate of drug-likeness (QED) is 0.792. The summed E-state index contributed by atoms with van der Waals surface area (Å²) in [5.74, 6) is 1.36. The highest BCUT2D eigenvalue weighted by atomic mass is 32.2. The van der Waals surface area contributed by atoms with Gasteiger partial charge in [-0.1, -0.05) is 13.8 Å². The maximum atomic E-state index is 13.1. The number of alkyl halides is 3. The lowest BCUT2D eigenvalue weighted by atomic mass is 9.70. The van der Waals surface area contributed by atoms with Crippen LogP contribution in [-0.2, 0) is 17.2 Å². The van der Waals surface area contributed by atoms with Gasteiger partial charge in [0.25, 0.3) is 0 Å². The lowest BCUT2D eigenvalue weighted by Gasteiger charge is -2.42. The van der Waals surface area contributed by atoms with Crippen LogP contribution in [0.5, 0.6) is 0 Å². The molecular weight excluding hydrogens is 405 g/mol. The normalized spacial score (nSPS) is 33.2. The Hall–Kier alpha value is -1.26. The van der Waals surface area contributed by atoms with Gasteiger partial charge in [-0.25, -0.2) is 8.51 Å². The molecular formula is C19H27F3N4O2S. The van der Waals surface area contributed by atoms with Gasteiger partial charge in [-0.15, -0.1) is 10.2 Å². The largest absolute Gasteiger partial charge is 0.435 e. The van der Waals surface area contributed by atoms with Crippen LogP contribution in [0.1, 0.15) is 38.8 Å². The molecule has 0 radical (unpaired) electrons. The van der Waals surface area contributed by atoms with Gasteiger partial charge in [0.05, 0.1) is 17.1 Å². The second-order valence-corrected chi connectivity index (χ2v) is 10.5. The molecule has 2 saturated carbocycles. The third-order valence-corrected chi connectivity index (χ3v) is 9.26. The van der Waals surface area contributed by atoms with E-state index in [1.54, 1.807) is 0 Å². The predicted molar refractivity (Wildman–Crippen MR) is 103 cm³/mol. The number of aromatic nitrogens is 2. The van der Waals surface area contributed by atoms with Crippen molar-refractivity contribution >= 4 is 16.8 Å². The van der Waals surface area contributed by atoms with Crippen LogP contribution in [0.2, 0.25) is 0 Å². The van der Waals surface area contributed by atoms with E-state index in [9.17, 15) is 22.5 Å². The highest BCUT2D eigenvalue weighted by Crippen LogP contribution is 2.65. The van der Waals surface area contributed by atoms with Crippen molar-refractivity contribution in [1.82, 2.24) is 14.5 Å². The van der Waals surface area contributed by atoms with E-state index in [0.717, 1.165) is 25.3 Å². The minimum absolute atomic E-state index is 0.0142. The number of fused-ring (bicyclic) bond motifs is 2. The molecule has 0 aromatic carbocycles. The van der Waals surface area contributed by atoms with Crippen LogP contribution in [0.4, 0.5) is 19.0 Å². The average Bonchev–Trinajstić information content (AvgIpc) is 3.02. The Morgan fingerprint density at radius 1 is 1.21 bits per heavy atom.